The lowest BCUT2D eigenvalue weighted by Crippen LogP contribution is -2.37. The van der Waals surface area contributed by atoms with Gasteiger partial charge in [0.1, 0.15) is 0 Å². The summed E-state index contributed by atoms with van der Waals surface area (Å²) in [5.74, 6) is 0. The van der Waals surface area contributed by atoms with Gasteiger partial charge in [0.15, 0.2) is 0 Å². The van der Waals surface area contributed by atoms with E-state index in [1.165, 1.54) is 0 Å². The van der Waals surface area contributed by atoms with E-state index >= 15 is 0 Å². The van der Waals surface area contributed by atoms with Crippen LogP contribution in [-0.4, -0.2) is 18.3 Å². The third-order valence-corrected chi connectivity index (χ3v) is 5.46. The van der Waals surface area contributed by atoms with E-state index < -0.39 is 0 Å². The van der Waals surface area contributed by atoms with Crippen LogP contribution in [0, 0.1) is 5.41 Å². The molecule has 0 amide bonds. The Hall–Kier alpha value is 0.01000. The van der Waals surface area contributed by atoms with E-state index in [9.17, 15) is 5.11 Å². The zero-order valence-electron chi connectivity index (χ0n) is 12.1. The fourth-order valence-corrected chi connectivity index (χ4v) is 2.84. The molecule has 1 aromatic carbocycles. The molecule has 1 aromatic rings. The molecule has 0 spiro atoms. The lowest BCUT2D eigenvalue weighted by atomic mass is 9.83. The Bertz CT molecular complexity index is 439. The standard InChI is InChI=1S/C15H22Cl3NO/c1-4-15(5-2,9-20)8-19-10(3)11-6-7-12(16)14(18)13(11)17/h6-7,10,19-20H,4-5,8-9H2,1-3H3. The first kappa shape index (κ1) is 18.1. The van der Waals surface area contributed by atoms with Crippen LogP contribution >= 0.6 is 34.8 Å². The van der Waals surface area contributed by atoms with E-state index in [2.05, 4.69) is 19.2 Å². The van der Waals surface area contributed by atoms with Crippen molar-refractivity contribution in [3.8, 4) is 0 Å². The van der Waals surface area contributed by atoms with Gasteiger partial charge in [0.25, 0.3) is 0 Å². The van der Waals surface area contributed by atoms with Gasteiger partial charge in [-0.3, -0.25) is 0 Å². The maximum atomic E-state index is 9.59. The van der Waals surface area contributed by atoms with Gasteiger partial charge in [-0.05, 0) is 31.4 Å². The number of aliphatic hydroxyl groups is 1. The maximum Gasteiger partial charge on any atom is 0.0781 e. The van der Waals surface area contributed by atoms with Crippen molar-refractivity contribution in [1.82, 2.24) is 5.32 Å². The predicted octanol–water partition coefficient (Wildman–Crippen LogP) is 5.10. The van der Waals surface area contributed by atoms with Crippen LogP contribution in [0.3, 0.4) is 0 Å². The summed E-state index contributed by atoms with van der Waals surface area (Å²) in [6.45, 7) is 7.12. The Labute approximate surface area is 136 Å². The van der Waals surface area contributed by atoms with E-state index in [-0.39, 0.29) is 18.1 Å². The van der Waals surface area contributed by atoms with Crippen molar-refractivity contribution in [2.45, 2.75) is 39.7 Å². The second-order valence-corrected chi connectivity index (χ2v) is 6.40. The number of rotatable bonds is 7. The van der Waals surface area contributed by atoms with Crippen molar-refractivity contribution in [1.29, 1.82) is 0 Å². The van der Waals surface area contributed by atoms with Gasteiger partial charge in [-0.25, -0.2) is 0 Å². The predicted molar refractivity (Wildman–Crippen MR) is 88.0 cm³/mol. The highest BCUT2D eigenvalue weighted by Crippen LogP contribution is 2.35. The van der Waals surface area contributed by atoms with E-state index in [0.29, 0.717) is 15.1 Å². The van der Waals surface area contributed by atoms with Crippen molar-refractivity contribution in [3.05, 3.63) is 32.8 Å². The largest absolute Gasteiger partial charge is 0.396 e. The van der Waals surface area contributed by atoms with Crippen molar-refractivity contribution < 1.29 is 5.11 Å². The summed E-state index contributed by atoms with van der Waals surface area (Å²) in [5, 5.41) is 14.4. The second kappa shape index (κ2) is 7.86. The molecule has 1 rings (SSSR count). The van der Waals surface area contributed by atoms with Crippen molar-refractivity contribution >= 4 is 34.8 Å². The molecule has 0 radical (unpaired) electrons. The number of hydrogen-bond acceptors (Lipinski definition) is 2. The minimum absolute atomic E-state index is 0.0429. The Balaban J connectivity index is 2.82. The molecule has 0 aromatic heterocycles. The molecule has 0 aliphatic heterocycles. The third-order valence-electron chi connectivity index (χ3n) is 4.15. The van der Waals surface area contributed by atoms with Crippen LogP contribution in [0.15, 0.2) is 12.1 Å². The summed E-state index contributed by atoms with van der Waals surface area (Å²) in [7, 11) is 0. The van der Waals surface area contributed by atoms with Gasteiger partial charge in [-0.1, -0.05) is 54.7 Å². The van der Waals surface area contributed by atoms with E-state index in [4.69, 9.17) is 34.8 Å². The topological polar surface area (TPSA) is 32.3 Å². The SMILES string of the molecule is CCC(CC)(CO)CNC(C)c1ccc(Cl)c(Cl)c1Cl. The number of benzene rings is 1. The molecule has 0 heterocycles. The lowest BCUT2D eigenvalue weighted by Gasteiger charge is -2.31. The summed E-state index contributed by atoms with van der Waals surface area (Å²) in [6, 6.07) is 3.68. The summed E-state index contributed by atoms with van der Waals surface area (Å²) in [6.07, 6.45) is 1.85. The zero-order valence-corrected chi connectivity index (χ0v) is 14.4. The molecule has 0 saturated heterocycles. The molecule has 0 saturated carbocycles. The minimum atomic E-state index is -0.0864. The maximum absolute atomic E-state index is 9.59. The minimum Gasteiger partial charge on any atom is -0.396 e. The van der Waals surface area contributed by atoms with E-state index in [1.807, 2.05) is 13.0 Å². The quantitative estimate of drug-likeness (QED) is 0.678. The molecule has 114 valence electrons. The fraction of sp³-hybridized carbons (Fsp3) is 0.600. The first-order chi connectivity index (χ1) is 9.40. The molecule has 20 heavy (non-hydrogen) atoms. The molecule has 0 aliphatic carbocycles. The zero-order chi connectivity index (χ0) is 15.3. The molecule has 0 bridgehead atoms. The highest BCUT2D eigenvalue weighted by Gasteiger charge is 2.26. The van der Waals surface area contributed by atoms with Gasteiger partial charge in [0.05, 0.1) is 15.1 Å². The molecule has 0 aliphatic rings. The summed E-state index contributed by atoms with van der Waals surface area (Å²) >= 11 is 18.2. The molecule has 1 unspecified atom stereocenters. The van der Waals surface area contributed by atoms with Gasteiger partial charge in [-0.15, -0.1) is 0 Å². The van der Waals surface area contributed by atoms with Crippen LogP contribution in [0.25, 0.3) is 0 Å². The van der Waals surface area contributed by atoms with Crippen LogP contribution in [0.4, 0.5) is 0 Å². The summed E-state index contributed by atoms with van der Waals surface area (Å²) < 4.78 is 0. The fourth-order valence-electron chi connectivity index (χ4n) is 2.13. The average Bonchev–Trinajstić information content (AvgIpc) is 2.47. The molecule has 0 fully saturated rings. The summed E-state index contributed by atoms with van der Waals surface area (Å²) in [4.78, 5) is 0. The number of nitrogens with one attached hydrogen (secondary N) is 1. The Kier molecular flexibility index (Phi) is 7.10. The smallest absolute Gasteiger partial charge is 0.0781 e. The first-order valence-electron chi connectivity index (χ1n) is 6.88. The van der Waals surface area contributed by atoms with Crippen LogP contribution in [0.2, 0.25) is 15.1 Å². The highest BCUT2D eigenvalue weighted by atomic mass is 35.5. The van der Waals surface area contributed by atoms with Gasteiger partial charge in [0.2, 0.25) is 0 Å². The third kappa shape index (κ3) is 4.02. The van der Waals surface area contributed by atoms with Crippen molar-refractivity contribution in [2.75, 3.05) is 13.2 Å². The second-order valence-electron chi connectivity index (χ2n) is 5.23. The Morgan fingerprint density at radius 1 is 1.15 bits per heavy atom. The molecular weight excluding hydrogens is 317 g/mol. The Morgan fingerprint density at radius 2 is 1.75 bits per heavy atom. The lowest BCUT2D eigenvalue weighted by molar-refractivity contribution is 0.110. The molecule has 2 nitrogen and oxygen atoms in total. The molecular formula is C15H22Cl3NO. The molecule has 1 atom stereocenters. The van der Waals surface area contributed by atoms with Crippen molar-refractivity contribution in [3.63, 3.8) is 0 Å². The van der Waals surface area contributed by atoms with Gasteiger partial charge < -0.3 is 10.4 Å². The van der Waals surface area contributed by atoms with Gasteiger partial charge in [-0.2, -0.15) is 0 Å². The summed E-state index contributed by atoms with van der Waals surface area (Å²) in [5.41, 5.74) is 0.830. The number of aliphatic hydroxyl groups excluding tert-OH is 1. The molecule has 5 heteroatoms. The first-order valence-corrected chi connectivity index (χ1v) is 8.01. The molecule has 2 N–H and O–H groups in total. The van der Waals surface area contributed by atoms with Crippen LogP contribution < -0.4 is 5.32 Å². The number of halogens is 3. The van der Waals surface area contributed by atoms with Crippen LogP contribution in [0.5, 0.6) is 0 Å². The van der Waals surface area contributed by atoms with Gasteiger partial charge >= 0.3 is 0 Å². The number of hydrogen-bond donors (Lipinski definition) is 2. The highest BCUT2D eigenvalue weighted by molar-refractivity contribution is 6.48. The van der Waals surface area contributed by atoms with Crippen LogP contribution in [-0.2, 0) is 0 Å². The average molecular weight is 339 g/mol. The normalized spacial score (nSPS) is 13.6. The van der Waals surface area contributed by atoms with Crippen LogP contribution in [0.1, 0.15) is 45.2 Å². The Morgan fingerprint density at radius 3 is 2.25 bits per heavy atom. The van der Waals surface area contributed by atoms with E-state index in [0.717, 1.165) is 24.9 Å². The van der Waals surface area contributed by atoms with Gasteiger partial charge in [0, 0.05) is 24.6 Å². The monoisotopic (exact) mass is 337 g/mol. The van der Waals surface area contributed by atoms with E-state index in [1.54, 1.807) is 6.07 Å². The van der Waals surface area contributed by atoms with Crippen molar-refractivity contribution in [2.24, 2.45) is 5.41 Å².